The summed E-state index contributed by atoms with van der Waals surface area (Å²) in [4.78, 5) is 20.4. The monoisotopic (exact) mass is 370 g/mol. The third kappa shape index (κ3) is 5.30. The minimum Gasteiger partial charge on any atom is -0.396 e. The van der Waals surface area contributed by atoms with Crippen LogP contribution in [0.5, 0.6) is 0 Å². The second-order valence-electron chi connectivity index (χ2n) is 5.35. The quantitative estimate of drug-likeness (QED) is 0.459. The zero-order chi connectivity index (χ0) is 19.2. The van der Waals surface area contributed by atoms with Crippen molar-refractivity contribution >= 4 is 12.1 Å². The molecule has 0 aliphatic rings. The Kier molecular flexibility index (Phi) is 6.31. The van der Waals surface area contributed by atoms with E-state index in [0.29, 0.717) is 17.7 Å². The van der Waals surface area contributed by atoms with E-state index in [9.17, 15) is 18.0 Å². The fraction of sp³-hybridized carbons (Fsp3) is 0.375. The van der Waals surface area contributed by atoms with Crippen LogP contribution in [0.15, 0.2) is 33.9 Å². The van der Waals surface area contributed by atoms with E-state index in [1.54, 1.807) is 6.92 Å². The summed E-state index contributed by atoms with van der Waals surface area (Å²) in [5.41, 5.74) is 0.617. The normalized spacial score (nSPS) is 13.0. The maximum absolute atomic E-state index is 12.5. The lowest BCUT2D eigenvalue weighted by molar-refractivity contribution is -0.159. The van der Waals surface area contributed by atoms with Crippen LogP contribution in [0.2, 0.25) is 0 Å². The molecule has 1 N–H and O–H groups in total. The highest BCUT2D eigenvalue weighted by Gasteiger charge is 2.38. The number of carbonyl (C=O) groups is 1. The van der Waals surface area contributed by atoms with E-state index in [1.807, 2.05) is 6.92 Å². The Bertz CT molecular complexity index is 757. The molecule has 0 saturated carbocycles. The Morgan fingerprint density at radius 2 is 2.08 bits per heavy atom. The molecule has 26 heavy (non-hydrogen) atoms. The Hall–Kier alpha value is -2.91. The van der Waals surface area contributed by atoms with Crippen LogP contribution in [-0.4, -0.2) is 34.9 Å². The van der Waals surface area contributed by atoms with E-state index >= 15 is 0 Å². The first kappa shape index (κ1) is 19.4. The molecule has 140 valence electrons. The molecule has 0 fully saturated rings. The van der Waals surface area contributed by atoms with Gasteiger partial charge in [-0.05, 0) is 25.5 Å². The molecule has 1 atom stereocenters. The molecule has 0 bridgehead atoms. The molecule has 10 heteroatoms. The van der Waals surface area contributed by atoms with Crippen molar-refractivity contribution in [1.82, 2.24) is 15.5 Å². The number of oxime groups is 1. The molecular weight excluding hydrogens is 353 g/mol. The summed E-state index contributed by atoms with van der Waals surface area (Å²) in [6.45, 7) is 4.16. The van der Waals surface area contributed by atoms with Crippen molar-refractivity contribution in [1.29, 1.82) is 0 Å². The van der Waals surface area contributed by atoms with Crippen molar-refractivity contribution < 1.29 is 27.3 Å². The summed E-state index contributed by atoms with van der Waals surface area (Å²) < 4.78 is 41.6. The number of hydrogen-bond donors (Lipinski definition) is 1. The largest absolute Gasteiger partial charge is 0.471 e. The Morgan fingerprint density at radius 1 is 1.38 bits per heavy atom. The lowest BCUT2D eigenvalue weighted by Gasteiger charge is -2.09. The van der Waals surface area contributed by atoms with Crippen LogP contribution < -0.4 is 5.32 Å². The highest BCUT2D eigenvalue weighted by atomic mass is 19.4. The Balaban J connectivity index is 1.99. The topological polar surface area (TPSA) is 89.6 Å². The van der Waals surface area contributed by atoms with Gasteiger partial charge in [0.2, 0.25) is 5.82 Å². The van der Waals surface area contributed by atoms with E-state index in [1.165, 1.54) is 30.5 Å². The van der Waals surface area contributed by atoms with E-state index in [4.69, 9.17) is 4.84 Å². The highest BCUT2D eigenvalue weighted by Crippen LogP contribution is 2.29. The van der Waals surface area contributed by atoms with Crippen LogP contribution in [0, 0.1) is 0 Å². The zero-order valence-electron chi connectivity index (χ0n) is 14.1. The number of amides is 1. The fourth-order valence-corrected chi connectivity index (χ4v) is 1.83. The standard InChI is InChI=1S/C16H17F3N4O3/c1-3-8-25-20-9-10(2)21-14(24)12-6-4-11(5-7-12)13-22-15(26-23-13)16(17,18)19/h4-7,9-10H,3,8H2,1-2H3,(H,21,24)/b20-9+. The van der Waals surface area contributed by atoms with Crippen molar-refractivity contribution in [2.24, 2.45) is 5.16 Å². The van der Waals surface area contributed by atoms with Crippen molar-refractivity contribution in [2.45, 2.75) is 32.5 Å². The molecule has 1 aromatic heterocycles. The van der Waals surface area contributed by atoms with Crippen LogP contribution >= 0.6 is 0 Å². The van der Waals surface area contributed by atoms with Gasteiger partial charge in [-0.25, -0.2) is 0 Å². The molecule has 1 heterocycles. The SMILES string of the molecule is CCCO/N=C/C(C)NC(=O)c1ccc(-c2noc(C(F)(F)F)n2)cc1. The van der Waals surface area contributed by atoms with Gasteiger partial charge in [0.25, 0.3) is 5.91 Å². The average Bonchev–Trinajstić information content (AvgIpc) is 3.09. The number of nitrogens with one attached hydrogen (secondary N) is 1. The summed E-state index contributed by atoms with van der Waals surface area (Å²) in [6.07, 6.45) is -2.42. The van der Waals surface area contributed by atoms with Crippen LogP contribution in [0.4, 0.5) is 13.2 Å². The van der Waals surface area contributed by atoms with Gasteiger partial charge in [0, 0.05) is 11.1 Å². The predicted octanol–water partition coefficient (Wildman–Crippen LogP) is 3.29. The third-order valence-corrected chi connectivity index (χ3v) is 3.09. The Morgan fingerprint density at radius 3 is 2.65 bits per heavy atom. The molecule has 7 nitrogen and oxygen atoms in total. The zero-order valence-corrected chi connectivity index (χ0v) is 14.1. The number of benzene rings is 1. The fourth-order valence-electron chi connectivity index (χ4n) is 1.83. The van der Waals surface area contributed by atoms with E-state index in [-0.39, 0.29) is 17.8 Å². The first-order chi connectivity index (χ1) is 12.3. The molecule has 2 rings (SSSR count). The van der Waals surface area contributed by atoms with Gasteiger partial charge in [-0.2, -0.15) is 18.2 Å². The maximum Gasteiger partial charge on any atom is 0.471 e. The van der Waals surface area contributed by atoms with Crippen LogP contribution in [0.25, 0.3) is 11.4 Å². The first-order valence-corrected chi connectivity index (χ1v) is 7.79. The number of aromatic nitrogens is 2. The lowest BCUT2D eigenvalue weighted by atomic mass is 10.1. The lowest BCUT2D eigenvalue weighted by Crippen LogP contribution is -2.33. The van der Waals surface area contributed by atoms with Gasteiger partial charge in [-0.15, -0.1) is 0 Å². The van der Waals surface area contributed by atoms with E-state index in [2.05, 4.69) is 25.1 Å². The number of rotatable bonds is 7. The summed E-state index contributed by atoms with van der Waals surface area (Å²) in [6, 6.07) is 5.41. The van der Waals surface area contributed by atoms with Crippen LogP contribution in [-0.2, 0) is 11.0 Å². The molecule has 2 aromatic rings. The summed E-state index contributed by atoms with van der Waals surface area (Å²) in [7, 11) is 0. The molecule has 0 saturated heterocycles. The van der Waals surface area contributed by atoms with Gasteiger partial charge in [0.1, 0.15) is 6.61 Å². The van der Waals surface area contributed by atoms with E-state index in [0.717, 1.165) is 6.42 Å². The molecule has 0 radical (unpaired) electrons. The first-order valence-electron chi connectivity index (χ1n) is 7.79. The number of hydrogen-bond acceptors (Lipinski definition) is 6. The summed E-state index contributed by atoms with van der Waals surface area (Å²) in [5, 5.41) is 9.70. The molecule has 1 aromatic carbocycles. The molecule has 0 spiro atoms. The van der Waals surface area contributed by atoms with Gasteiger partial charge >= 0.3 is 12.1 Å². The van der Waals surface area contributed by atoms with Crippen molar-refractivity contribution in [3.8, 4) is 11.4 Å². The van der Waals surface area contributed by atoms with Gasteiger partial charge in [0.15, 0.2) is 0 Å². The minimum absolute atomic E-state index is 0.210. The second kappa shape index (κ2) is 8.45. The van der Waals surface area contributed by atoms with Crippen LogP contribution in [0.1, 0.15) is 36.5 Å². The molecule has 1 amide bonds. The predicted molar refractivity (Wildman–Crippen MR) is 86.4 cm³/mol. The molecular formula is C16H17F3N4O3. The summed E-state index contributed by atoms with van der Waals surface area (Å²) in [5.74, 6) is -2.00. The molecule has 0 aliphatic heterocycles. The van der Waals surface area contributed by atoms with Gasteiger partial charge in [-0.1, -0.05) is 29.4 Å². The summed E-state index contributed by atoms with van der Waals surface area (Å²) >= 11 is 0. The second-order valence-corrected chi connectivity index (χ2v) is 5.35. The Labute approximate surface area is 147 Å². The number of carbonyl (C=O) groups excluding carboxylic acids is 1. The smallest absolute Gasteiger partial charge is 0.396 e. The maximum atomic E-state index is 12.5. The third-order valence-electron chi connectivity index (χ3n) is 3.09. The van der Waals surface area contributed by atoms with Gasteiger partial charge < -0.3 is 14.7 Å². The van der Waals surface area contributed by atoms with Crippen molar-refractivity contribution in [3.05, 3.63) is 35.7 Å². The van der Waals surface area contributed by atoms with Crippen molar-refractivity contribution in [2.75, 3.05) is 6.61 Å². The van der Waals surface area contributed by atoms with E-state index < -0.39 is 12.1 Å². The van der Waals surface area contributed by atoms with Gasteiger partial charge in [0.05, 0.1) is 12.3 Å². The molecule has 0 aliphatic carbocycles. The minimum atomic E-state index is -4.70. The highest BCUT2D eigenvalue weighted by molar-refractivity contribution is 5.96. The number of halogens is 3. The number of alkyl halides is 3. The van der Waals surface area contributed by atoms with Gasteiger partial charge in [-0.3, -0.25) is 4.79 Å². The molecule has 1 unspecified atom stereocenters. The van der Waals surface area contributed by atoms with Crippen LogP contribution in [0.3, 0.4) is 0 Å². The van der Waals surface area contributed by atoms with Crippen molar-refractivity contribution in [3.63, 3.8) is 0 Å². The number of nitrogens with zero attached hydrogens (tertiary/aromatic N) is 3. The average molecular weight is 370 g/mol.